The molecule has 3 aromatic carbocycles. The molecule has 3 aromatic rings. The van der Waals surface area contributed by atoms with E-state index >= 15 is 0 Å². The lowest BCUT2D eigenvalue weighted by molar-refractivity contribution is -0.136. The van der Waals surface area contributed by atoms with Crippen LogP contribution in [0, 0.1) is 0 Å². The van der Waals surface area contributed by atoms with Crippen molar-refractivity contribution < 1.29 is 23.9 Å². The quantitative estimate of drug-likeness (QED) is 0.211. The zero-order valence-corrected chi connectivity index (χ0v) is 16.6. The monoisotopic (exact) mass is 417 g/mol. The molecule has 0 aliphatic heterocycles. The third-order valence-electron chi connectivity index (χ3n) is 4.01. The Morgan fingerprint density at radius 2 is 1.58 bits per heavy atom. The van der Waals surface area contributed by atoms with Gasteiger partial charge in [0.2, 0.25) is 0 Å². The summed E-state index contributed by atoms with van der Waals surface area (Å²) in [6.45, 7) is 0. The van der Waals surface area contributed by atoms with Crippen LogP contribution in [0.5, 0.6) is 11.5 Å². The van der Waals surface area contributed by atoms with Gasteiger partial charge in [0.15, 0.2) is 0 Å². The molecule has 2 amide bonds. The lowest BCUT2D eigenvalue weighted by atomic mass is 10.2. The van der Waals surface area contributed by atoms with Gasteiger partial charge in [-0.05, 0) is 54.1 Å². The number of nitrogens with one attached hydrogen (secondary N) is 2. The molecule has 0 radical (unpaired) electrons. The van der Waals surface area contributed by atoms with E-state index in [1.165, 1.54) is 13.3 Å². The number of rotatable bonds is 6. The predicted molar refractivity (Wildman–Crippen MR) is 115 cm³/mol. The summed E-state index contributed by atoms with van der Waals surface area (Å²) < 4.78 is 10.3. The normalized spacial score (nSPS) is 10.4. The van der Waals surface area contributed by atoms with Crippen molar-refractivity contribution in [1.29, 1.82) is 0 Å². The highest BCUT2D eigenvalue weighted by Gasteiger charge is 2.13. The fourth-order valence-electron chi connectivity index (χ4n) is 2.47. The highest BCUT2D eigenvalue weighted by molar-refractivity contribution is 6.39. The third-order valence-corrected chi connectivity index (χ3v) is 4.01. The van der Waals surface area contributed by atoms with Crippen LogP contribution in [0.25, 0.3) is 0 Å². The second kappa shape index (κ2) is 10.4. The van der Waals surface area contributed by atoms with Crippen LogP contribution in [0.3, 0.4) is 0 Å². The number of ether oxygens (including phenoxy) is 2. The number of hydrogen-bond acceptors (Lipinski definition) is 6. The molecular formula is C23H19N3O5. The maximum absolute atomic E-state index is 12.0. The molecule has 8 nitrogen and oxygen atoms in total. The van der Waals surface area contributed by atoms with Gasteiger partial charge in [0.1, 0.15) is 11.5 Å². The van der Waals surface area contributed by atoms with Crippen LogP contribution < -0.4 is 20.2 Å². The lowest BCUT2D eigenvalue weighted by Gasteiger charge is -2.06. The summed E-state index contributed by atoms with van der Waals surface area (Å²) in [7, 11) is 1.50. The maximum atomic E-state index is 12.0. The number of carbonyl (C=O) groups is 3. The van der Waals surface area contributed by atoms with E-state index < -0.39 is 17.8 Å². The zero-order chi connectivity index (χ0) is 22.1. The van der Waals surface area contributed by atoms with E-state index in [1.807, 2.05) is 6.07 Å². The second-order valence-electron chi connectivity index (χ2n) is 6.21. The summed E-state index contributed by atoms with van der Waals surface area (Å²) in [6, 6.07) is 21.8. The van der Waals surface area contributed by atoms with E-state index in [9.17, 15) is 14.4 Å². The largest absolute Gasteiger partial charge is 0.497 e. The van der Waals surface area contributed by atoms with Crippen molar-refractivity contribution in [2.75, 3.05) is 12.4 Å². The molecule has 0 saturated carbocycles. The van der Waals surface area contributed by atoms with Gasteiger partial charge < -0.3 is 14.8 Å². The Morgan fingerprint density at radius 1 is 0.839 bits per heavy atom. The van der Waals surface area contributed by atoms with Gasteiger partial charge in [-0.15, -0.1) is 0 Å². The SMILES string of the molecule is COc1cccc(NC(=O)C(=O)N/N=C/c2ccc(OC(=O)c3ccccc3)cc2)c1. The Bertz CT molecular complexity index is 1100. The highest BCUT2D eigenvalue weighted by atomic mass is 16.5. The van der Waals surface area contributed by atoms with E-state index in [1.54, 1.807) is 72.8 Å². The van der Waals surface area contributed by atoms with Crippen molar-refractivity contribution in [1.82, 2.24) is 5.43 Å². The van der Waals surface area contributed by atoms with E-state index in [0.717, 1.165) is 0 Å². The first-order chi connectivity index (χ1) is 15.0. The number of hydrogen-bond donors (Lipinski definition) is 2. The summed E-state index contributed by atoms with van der Waals surface area (Å²) in [5, 5.41) is 6.21. The van der Waals surface area contributed by atoms with Gasteiger partial charge in [0.05, 0.1) is 18.9 Å². The van der Waals surface area contributed by atoms with Crippen molar-refractivity contribution in [3.8, 4) is 11.5 Å². The number of nitrogens with zero attached hydrogens (tertiary/aromatic N) is 1. The van der Waals surface area contributed by atoms with Gasteiger partial charge in [-0.1, -0.05) is 24.3 Å². The van der Waals surface area contributed by atoms with Crippen LogP contribution >= 0.6 is 0 Å². The molecule has 0 unspecified atom stereocenters. The van der Waals surface area contributed by atoms with E-state index in [2.05, 4.69) is 15.8 Å². The number of benzene rings is 3. The number of anilines is 1. The molecule has 0 aliphatic rings. The van der Waals surface area contributed by atoms with Crippen LogP contribution in [0.2, 0.25) is 0 Å². The Balaban J connectivity index is 1.50. The molecule has 0 aliphatic carbocycles. The molecule has 0 fully saturated rings. The van der Waals surface area contributed by atoms with Gasteiger partial charge in [-0.25, -0.2) is 10.2 Å². The summed E-state index contributed by atoms with van der Waals surface area (Å²) in [5.41, 5.74) is 3.65. The second-order valence-corrected chi connectivity index (χ2v) is 6.21. The minimum Gasteiger partial charge on any atom is -0.497 e. The minimum absolute atomic E-state index is 0.368. The zero-order valence-electron chi connectivity index (χ0n) is 16.6. The van der Waals surface area contributed by atoms with Gasteiger partial charge in [-0.3, -0.25) is 9.59 Å². The Hall–Kier alpha value is -4.46. The third kappa shape index (κ3) is 6.26. The molecule has 0 spiro atoms. The van der Waals surface area contributed by atoms with E-state index in [-0.39, 0.29) is 0 Å². The average Bonchev–Trinajstić information content (AvgIpc) is 2.80. The van der Waals surface area contributed by atoms with Gasteiger partial charge >= 0.3 is 17.8 Å². The molecule has 156 valence electrons. The molecule has 31 heavy (non-hydrogen) atoms. The van der Waals surface area contributed by atoms with Crippen LogP contribution in [-0.4, -0.2) is 31.1 Å². The van der Waals surface area contributed by atoms with Crippen molar-refractivity contribution in [2.45, 2.75) is 0 Å². The number of esters is 1. The topological polar surface area (TPSA) is 106 Å². The molecule has 0 bridgehead atoms. The maximum Gasteiger partial charge on any atom is 0.343 e. The Labute approximate surface area is 178 Å². The molecule has 8 heteroatoms. The van der Waals surface area contributed by atoms with Crippen molar-refractivity contribution >= 4 is 29.7 Å². The highest BCUT2D eigenvalue weighted by Crippen LogP contribution is 2.16. The van der Waals surface area contributed by atoms with E-state index in [0.29, 0.717) is 28.3 Å². The lowest BCUT2D eigenvalue weighted by Crippen LogP contribution is -2.32. The summed E-state index contributed by atoms with van der Waals surface area (Å²) in [6.07, 6.45) is 1.36. The summed E-state index contributed by atoms with van der Waals surface area (Å²) >= 11 is 0. The van der Waals surface area contributed by atoms with Gasteiger partial charge in [0, 0.05) is 11.8 Å². The molecule has 0 heterocycles. The molecule has 3 rings (SSSR count). The van der Waals surface area contributed by atoms with Crippen LogP contribution in [-0.2, 0) is 9.59 Å². The van der Waals surface area contributed by atoms with Crippen molar-refractivity contribution in [3.05, 3.63) is 90.0 Å². The number of amides is 2. The van der Waals surface area contributed by atoms with Gasteiger partial charge in [0.25, 0.3) is 0 Å². The van der Waals surface area contributed by atoms with Gasteiger partial charge in [-0.2, -0.15) is 5.10 Å². The van der Waals surface area contributed by atoms with Crippen LogP contribution in [0.1, 0.15) is 15.9 Å². The molecule has 2 N–H and O–H groups in total. The first-order valence-corrected chi connectivity index (χ1v) is 9.21. The molecule has 0 aromatic heterocycles. The Morgan fingerprint density at radius 3 is 2.29 bits per heavy atom. The average molecular weight is 417 g/mol. The molecule has 0 saturated heterocycles. The summed E-state index contributed by atoms with van der Waals surface area (Å²) in [5.74, 6) is -1.33. The minimum atomic E-state index is -0.924. The summed E-state index contributed by atoms with van der Waals surface area (Å²) in [4.78, 5) is 35.8. The van der Waals surface area contributed by atoms with Crippen LogP contribution in [0.4, 0.5) is 5.69 Å². The molecular weight excluding hydrogens is 398 g/mol. The Kier molecular flexibility index (Phi) is 7.10. The van der Waals surface area contributed by atoms with Crippen LogP contribution in [0.15, 0.2) is 84.0 Å². The smallest absolute Gasteiger partial charge is 0.343 e. The van der Waals surface area contributed by atoms with Crippen molar-refractivity contribution in [2.24, 2.45) is 5.10 Å². The number of hydrazone groups is 1. The standard InChI is InChI=1S/C23H19N3O5/c1-30-20-9-5-8-18(14-20)25-21(27)22(28)26-24-15-16-10-12-19(13-11-16)31-23(29)17-6-3-2-4-7-17/h2-15H,1H3,(H,25,27)(H,26,28)/b24-15+. The first-order valence-electron chi connectivity index (χ1n) is 9.21. The predicted octanol–water partition coefficient (Wildman–Crippen LogP) is 3.00. The number of methoxy groups -OCH3 is 1. The fourth-order valence-corrected chi connectivity index (χ4v) is 2.47. The number of carbonyl (C=O) groups excluding carboxylic acids is 3. The van der Waals surface area contributed by atoms with E-state index in [4.69, 9.17) is 9.47 Å². The van der Waals surface area contributed by atoms with Crippen molar-refractivity contribution in [3.63, 3.8) is 0 Å². The fraction of sp³-hybridized carbons (Fsp3) is 0.0435. The molecule has 0 atom stereocenters. The first kappa shape index (κ1) is 21.3.